The highest BCUT2D eigenvalue weighted by Crippen LogP contribution is 2.19. The van der Waals surface area contributed by atoms with Crippen LogP contribution in [0.3, 0.4) is 0 Å². The Kier molecular flexibility index (Phi) is 5.34. The van der Waals surface area contributed by atoms with Crippen molar-refractivity contribution in [1.29, 1.82) is 5.26 Å². The lowest BCUT2D eigenvalue weighted by molar-refractivity contribution is -0.129. The molecule has 0 spiro atoms. The van der Waals surface area contributed by atoms with E-state index >= 15 is 0 Å². The predicted molar refractivity (Wildman–Crippen MR) is 72.7 cm³/mol. The van der Waals surface area contributed by atoms with E-state index < -0.39 is 0 Å². The van der Waals surface area contributed by atoms with Crippen LogP contribution in [0, 0.1) is 11.3 Å². The molecule has 0 bridgehead atoms. The Morgan fingerprint density at radius 1 is 1.37 bits per heavy atom. The Morgan fingerprint density at radius 3 is 2.58 bits per heavy atom. The van der Waals surface area contributed by atoms with E-state index in [9.17, 15) is 4.79 Å². The monoisotopic (exact) mass is 261 g/mol. The molecule has 5 nitrogen and oxygen atoms in total. The molecule has 0 aliphatic heterocycles. The van der Waals surface area contributed by atoms with Gasteiger partial charge in [-0.25, -0.2) is 0 Å². The number of hydrogen-bond acceptors (Lipinski definition) is 4. The number of amides is 1. The predicted octanol–water partition coefficient (Wildman–Crippen LogP) is 1.09. The third-order valence-electron chi connectivity index (χ3n) is 2.74. The van der Waals surface area contributed by atoms with Gasteiger partial charge in [0.25, 0.3) is 0 Å². The lowest BCUT2D eigenvalue weighted by atomic mass is 10.1. The average molecular weight is 261 g/mol. The smallest absolute Gasteiger partial charge is 0.236 e. The van der Waals surface area contributed by atoms with Crippen LogP contribution in [0.4, 0.5) is 0 Å². The SMILES string of the molecule is COc1cc(CN(C)CC(=O)N(C)C)ccc1C#N. The molecule has 0 saturated heterocycles. The van der Waals surface area contributed by atoms with Gasteiger partial charge in [0, 0.05) is 20.6 Å². The first-order chi connectivity index (χ1) is 8.97. The molecule has 0 atom stereocenters. The maximum absolute atomic E-state index is 11.6. The number of carbonyl (C=O) groups is 1. The molecular weight excluding hydrogens is 242 g/mol. The van der Waals surface area contributed by atoms with Crippen molar-refractivity contribution in [3.05, 3.63) is 29.3 Å². The summed E-state index contributed by atoms with van der Waals surface area (Å²) in [6.07, 6.45) is 0. The second kappa shape index (κ2) is 6.76. The first-order valence-electron chi connectivity index (χ1n) is 5.93. The average Bonchev–Trinajstić information content (AvgIpc) is 2.38. The van der Waals surface area contributed by atoms with Gasteiger partial charge in [0.15, 0.2) is 0 Å². The maximum Gasteiger partial charge on any atom is 0.236 e. The first-order valence-corrected chi connectivity index (χ1v) is 5.93. The Hall–Kier alpha value is -2.06. The number of nitriles is 1. The summed E-state index contributed by atoms with van der Waals surface area (Å²) in [5.41, 5.74) is 1.52. The zero-order valence-electron chi connectivity index (χ0n) is 11.8. The summed E-state index contributed by atoms with van der Waals surface area (Å²) in [4.78, 5) is 15.1. The van der Waals surface area contributed by atoms with Crippen LogP contribution in [0.15, 0.2) is 18.2 Å². The van der Waals surface area contributed by atoms with E-state index in [1.165, 1.54) is 0 Å². The summed E-state index contributed by atoms with van der Waals surface area (Å²) >= 11 is 0. The van der Waals surface area contributed by atoms with Gasteiger partial charge in [-0.2, -0.15) is 5.26 Å². The number of likely N-dealkylation sites (N-methyl/N-ethyl adjacent to an activating group) is 2. The molecule has 1 aromatic rings. The van der Waals surface area contributed by atoms with Crippen LogP contribution in [-0.4, -0.2) is 50.5 Å². The molecule has 0 aliphatic rings. The zero-order valence-corrected chi connectivity index (χ0v) is 11.8. The van der Waals surface area contributed by atoms with Crippen LogP contribution < -0.4 is 4.74 Å². The highest BCUT2D eigenvalue weighted by molar-refractivity contribution is 5.77. The highest BCUT2D eigenvalue weighted by atomic mass is 16.5. The van der Waals surface area contributed by atoms with Crippen LogP contribution in [0.1, 0.15) is 11.1 Å². The van der Waals surface area contributed by atoms with Gasteiger partial charge < -0.3 is 9.64 Å². The van der Waals surface area contributed by atoms with Gasteiger partial charge in [0.2, 0.25) is 5.91 Å². The molecule has 0 aliphatic carbocycles. The van der Waals surface area contributed by atoms with Crippen molar-refractivity contribution in [2.75, 3.05) is 34.8 Å². The van der Waals surface area contributed by atoms with Crippen molar-refractivity contribution < 1.29 is 9.53 Å². The van der Waals surface area contributed by atoms with Crippen LogP contribution in [0.5, 0.6) is 5.75 Å². The fourth-order valence-electron chi connectivity index (χ4n) is 1.67. The third kappa shape index (κ3) is 4.27. The van der Waals surface area contributed by atoms with E-state index in [4.69, 9.17) is 10.00 Å². The van der Waals surface area contributed by atoms with Crippen LogP contribution in [0.25, 0.3) is 0 Å². The summed E-state index contributed by atoms with van der Waals surface area (Å²) in [7, 11) is 6.90. The van der Waals surface area contributed by atoms with Gasteiger partial charge in [-0.3, -0.25) is 9.69 Å². The van der Waals surface area contributed by atoms with E-state index in [1.54, 1.807) is 32.2 Å². The number of nitrogens with zero attached hydrogens (tertiary/aromatic N) is 3. The number of ether oxygens (including phenoxy) is 1. The fourth-order valence-corrected chi connectivity index (χ4v) is 1.67. The van der Waals surface area contributed by atoms with Gasteiger partial charge in [-0.15, -0.1) is 0 Å². The Labute approximate surface area is 114 Å². The number of carbonyl (C=O) groups excluding carboxylic acids is 1. The Morgan fingerprint density at radius 2 is 2.05 bits per heavy atom. The number of benzene rings is 1. The molecule has 0 radical (unpaired) electrons. The summed E-state index contributed by atoms with van der Waals surface area (Å²) < 4.78 is 5.16. The van der Waals surface area contributed by atoms with Gasteiger partial charge in [0.1, 0.15) is 11.8 Å². The summed E-state index contributed by atoms with van der Waals surface area (Å²) in [6, 6.07) is 7.51. The molecule has 1 amide bonds. The molecule has 0 saturated carbocycles. The maximum atomic E-state index is 11.6. The number of rotatable bonds is 5. The highest BCUT2D eigenvalue weighted by Gasteiger charge is 2.10. The van der Waals surface area contributed by atoms with Crippen molar-refractivity contribution in [1.82, 2.24) is 9.80 Å². The van der Waals surface area contributed by atoms with Crippen LogP contribution >= 0.6 is 0 Å². The molecule has 0 fully saturated rings. The molecule has 19 heavy (non-hydrogen) atoms. The third-order valence-corrected chi connectivity index (χ3v) is 2.74. The van der Waals surface area contributed by atoms with Crippen molar-refractivity contribution >= 4 is 5.91 Å². The first kappa shape index (κ1) is 15.0. The Balaban J connectivity index is 2.72. The Bertz CT molecular complexity index is 492. The van der Waals surface area contributed by atoms with Gasteiger partial charge in [-0.05, 0) is 24.7 Å². The molecule has 1 aromatic carbocycles. The minimum Gasteiger partial charge on any atom is -0.495 e. The molecule has 1 rings (SSSR count). The quantitative estimate of drug-likeness (QED) is 0.796. The lowest BCUT2D eigenvalue weighted by Crippen LogP contribution is -2.34. The van der Waals surface area contributed by atoms with Gasteiger partial charge >= 0.3 is 0 Å². The number of methoxy groups -OCH3 is 1. The summed E-state index contributed by atoms with van der Waals surface area (Å²) in [5, 5.41) is 8.91. The second-order valence-corrected chi connectivity index (χ2v) is 4.61. The van der Waals surface area contributed by atoms with E-state index in [1.807, 2.05) is 24.1 Å². The molecule has 0 aromatic heterocycles. The van der Waals surface area contributed by atoms with E-state index in [2.05, 4.69) is 6.07 Å². The van der Waals surface area contributed by atoms with Crippen LogP contribution in [-0.2, 0) is 11.3 Å². The summed E-state index contributed by atoms with van der Waals surface area (Å²) in [6.45, 7) is 0.983. The molecular formula is C14H19N3O2. The van der Waals surface area contributed by atoms with Crippen molar-refractivity contribution in [2.45, 2.75) is 6.54 Å². The second-order valence-electron chi connectivity index (χ2n) is 4.61. The lowest BCUT2D eigenvalue weighted by Gasteiger charge is -2.19. The minimum atomic E-state index is 0.0584. The molecule has 0 N–H and O–H groups in total. The van der Waals surface area contributed by atoms with Gasteiger partial charge in [0.05, 0.1) is 19.2 Å². The van der Waals surface area contributed by atoms with Crippen molar-refractivity contribution in [3.8, 4) is 11.8 Å². The van der Waals surface area contributed by atoms with Crippen molar-refractivity contribution in [2.24, 2.45) is 0 Å². The molecule has 102 valence electrons. The summed E-state index contributed by atoms with van der Waals surface area (Å²) in [5.74, 6) is 0.621. The van der Waals surface area contributed by atoms with E-state index in [-0.39, 0.29) is 5.91 Å². The minimum absolute atomic E-state index is 0.0584. The molecule has 0 heterocycles. The zero-order chi connectivity index (χ0) is 14.4. The topological polar surface area (TPSA) is 56.6 Å². The van der Waals surface area contributed by atoms with Gasteiger partial charge in [-0.1, -0.05) is 6.07 Å². The standard InChI is InChI=1S/C14H19N3O2/c1-16(2)14(18)10-17(3)9-11-5-6-12(8-15)13(7-11)19-4/h5-7H,9-10H2,1-4H3. The largest absolute Gasteiger partial charge is 0.495 e. The molecule has 0 unspecified atom stereocenters. The number of hydrogen-bond donors (Lipinski definition) is 0. The van der Waals surface area contributed by atoms with E-state index in [0.29, 0.717) is 24.4 Å². The van der Waals surface area contributed by atoms with E-state index in [0.717, 1.165) is 5.56 Å². The molecule has 5 heteroatoms. The fraction of sp³-hybridized carbons (Fsp3) is 0.429. The normalized spacial score (nSPS) is 10.1. The van der Waals surface area contributed by atoms with Crippen LogP contribution in [0.2, 0.25) is 0 Å². The van der Waals surface area contributed by atoms with Crippen molar-refractivity contribution in [3.63, 3.8) is 0 Å².